The van der Waals surface area contributed by atoms with Crippen LogP contribution in [0.5, 0.6) is 5.75 Å². The van der Waals surface area contributed by atoms with Crippen LogP contribution in [0.3, 0.4) is 0 Å². The van der Waals surface area contributed by atoms with Gasteiger partial charge >= 0.3 is 0 Å². The van der Waals surface area contributed by atoms with Crippen LogP contribution in [0.4, 0.5) is 5.69 Å². The maximum atomic E-state index is 12.5. The van der Waals surface area contributed by atoms with Crippen molar-refractivity contribution in [2.75, 3.05) is 39.2 Å². The molecule has 0 bridgehead atoms. The van der Waals surface area contributed by atoms with Gasteiger partial charge in [-0.15, -0.1) is 0 Å². The molecule has 1 aromatic rings. The first-order valence-corrected chi connectivity index (χ1v) is 6.84. The molecule has 0 aromatic heterocycles. The molecule has 1 atom stereocenters. The average Bonchev–Trinajstić information content (AvgIpc) is 2.89. The van der Waals surface area contributed by atoms with Crippen LogP contribution in [0.1, 0.15) is 6.42 Å². The molecule has 0 aliphatic carbocycles. The third-order valence-electron chi connectivity index (χ3n) is 3.56. The normalized spacial score (nSPS) is 21.8. The van der Waals surface area contributed by atoms with Gasteiger partial charge in [-0.05, 0) is 31.2 Å². The van der Waals surface area contributed by atoms with Gasteiger partial charge in [-0.25, -0.2) is 0 Å². The van der Waals surface area contributed by atoms with Gasteiger partial charge in [-0.3, -0.25) is 4.79 Å². The third-order valence-corrected chi connectivity index (χ3v) is 3.85. The maximum Gasteiger partial charge on any atom is 0.234 e. The number of carbonyl (C=O) groups is 1. The van der Waals surface area contributed by atoms with E-state index >= 15 is 0 Å². The summed E-state index contributed by atoms with van der Waals surface area (Å²) in [5.74, 6) is 0.532. The first-order chi connectivity index (χ1) is 9.61. The summed E-state index contributed by atoms with van der Waals surface area (Å²) in [5.41, 5.74) is 0.143. The van der Waals surface area contributed by atoms with E-state index in [9.17, 15) is 4.79 Å². The van der Waals surface area contributed by atoms with Gasteiger partial charge in [-0.2, -0.15) is 0 Å². The molecule has 1 aromatic carbocycles. The fraction of sp³-hybridized carbons (Fsp3) is 0.500. The van der Waals surface area contributed by atoms with Crippen LogP contribution in [-0.2, 0) is 9.53 Å². The van der Waals surface area contributed by atoms with Crippen LogP contribution in [-0.4, -0.2) is 39.8 Å². The first-order valence-electron chi connectivity index (χ1n) is 6.46. The van der Waals surface area contributed by atoms with Crippen LogP contribution in [0.15, 0.2) is 18.2 Å². The summed E-state index contributed by atoms with van der Waals surface area (Å²) < 4.78 is 10.3. The molecule has 0 radical (unpaired) electrons. The van der Waals surface area contributed by atoms with E-state index in [1.807, 2.05) is 0 Å². The Hall–Kier alpha value is -1.30. The number of hydrogen-bond acceptors (Lipinski definition) is 4. The lowest BCUT2D eigenvalue weighted by atomic mass is 9.87. The van der Waals surface area contributed by atoms with Crippen LogP contribution in [0, 0.1) is 5.41 Å². The zero-order valence-corrected chi connectivity index (χ0v) is 12.4. The summed E-state index contributed by atoms with van der Waals surface area (Å²) in [6.45, 7) is 1.84. The van der Waals surface area contributed by atoms with Gasteiger partial charge in [0.15, 0.2) is 0 Å². The van der Waals surface area contributed by atoms with Gasteiger partial charge in [0.2, 0.25) is 5.91 Å². The van der Waals surface area contributed by atoms with E-state index < -0.39 is 5.41 Å². The fourth-order valence-corrected chi connectivity index (χ4v) is 2.67. The molecule has 5 nitrogen and oxygen atoms in total. The number of ether oxygens (including phenoxy) is 2. The maximum absolute atomic E-state index is 12.5. The van der Waals surface area contributed by atoms with Crippen molar-refractivity contribution in [2.45, 2.75) is 6.42 Å². The van der Waals surface area contributed by atoms with Crippen molar-refractivity contribution in [1.29, 1.82) is 0 Å². The van der Waals surface area contributed by atoms with Gasteiger partial charge < -0.3 is 20.1 Å². The Balaban J connectivity index is 2.12. The lowest BCUT2D eigenvalue weighted by molar-refractivity contribution is -0.127. The third kappa shape index (κ3) is 3.06. The highest BCUT2D eigenvalue weighted by Crippen LogP contribution is 2.30. The van der Waals surface area contributed by atoms with E-state index in [0.29, 0.717) is 29.6 Å². The molecule has 110 valence electrons. The number of nitrogens with one attached hydrogen (secondary N) is 2. The summed E-state index contributed by atoms with van der Waals surface area (Å²) in [6.07, 6.45) is 0.760. The predicted molar refractivity (Wildman–Crippen MR) is 78.4 cm³/mol. The molecule has 1 fully saturated rings. The van der Waals surface area contributed by atoms with E-state index in [-0.39, 0.29) is 5.91 Å². The standard InChI is InChI=1S/C14H19ClN2O3/c1-19-9-14(5-6-16-8-14)13(18)17-10-3-4-12(20-2)11(15)7-10/h3-4,7,16H,5-6,8-9H2,1-2H3,(H,17,18). The summed E-state index contributed by atoms with van der Waals surface area (Å²) in [6, 6.07) is 5.18. The SMILES string of the molecule is COCC1(C(=O)Nc2ccc(OC)c(Cl)c2)CCNC1. The molecule has 0 spiro atoms. The number of benzene rings is 1. The fourth-order valence-electron chi connectivity index (χ4n) is 2.41. The second-order valence-electron chi connectivity index (χ2n) is 4.94. The van der Waals surface area contributed by atoms with Crippen molar-refractivity contribution < 1.29 is 14.3 Å². The van der Waals surface area contributed by atoms with Crippen LogP contribution >= 0.6 is 11.6 Å². The van der Waals surface area contributed by atoms with Crippen molar-refractivity contribution in [1.82, 2.24) is 5.32 Å². The van der Waals surface area contributed by atoms with Crippen molar-refractivity contribution >= 4 is 23.2 Å². The minimum atomic E-state index is -0.513. The highest BCUT2D eigenvalue weighted by molar-refractivity contribution is 6.32. The first kappa shape index (κ1) is 15.1. The molecule has 0 saturated carbocycles. The summed E-state index contributed by atoms with van der Waals surface area (Å²) >= 11 is 6.06. The van der Waals surface area contributed by atoms with Crippen LogP contribution in [0.2, 0.25) is 5.02 Å². The van der Waals surface area contributed by atoms with E-state index in [0.717, 1.165) is 13.0 Å². The number of carbonyl (C=O) groups excluding carboxylic acids is 1. The van der Waals surface area contributed by atoms with E-state index in [2.05, 4.69) is 10.6 Å². The average molecular weight is 299 g/mol. The summed E-state index contributed by atoms with van der Waals surface area (Å²) in [4.78, 5) is 12.5. The molecule has 1 aliphatic rings. The number of anilines is 1. The number of methoxy groups -OCH3 is 2. The Kier molecular flexibility index (Phi) is 4.86. The molecule has 1 heterocycles. The number of hydrogen-bond donors (Lipinski definition) is 2. The van der Waals surface area contributed by atoms with Crippen molar-refractivity contribution in [3.8, 4) is 5.75 Å². The largest absolute Gasteiger partial charge is 0.495 e. The van der Waals surface area contributed by atoms with Gasteiger partial charge in [0.25, 0.3) is 0 Å². The smallest absolute Gasteiger partial charge is 0.234 e. The molecule has 1 amide bonds. The monoisotopic (exact) mass is 298 g/mol. The molecular weight excluding hydrogens is 280 g/mol. The van der Waals surface area contributed by atoms with Crippen LogP contribution in [0.25, 0.3) is 0 Å². The van der Waals surface area contributed by atoms with Gasteiger partial charge in [0.1, 0.15) is 5.75 Å². The molecule has 20 heavy (non-hydrogen) atoms. The molecule has 1 unspecified atom stereocenters. The Morgan fingerprint density at radius 2 is 2.30 bits per heavy atom. The zero-order chi connectivity index (χ0) is 14.6. The lowest BCUT2D eigenvalue weighted by Crippen LogP contribution is -2.41. The van der Waals surface area contributed by atoms with E-state index in [1.54, 1.807) is 32.4 Å². The molecule has 2 rings (SSSR count). The molecule has 1 aliphatic heterocycles. The molecular formula is C14H19ClN2O3. The van der Waals surface area contributed by atoms with Crippen LogP contribution < -0.4 is 15.4 Å². The Morgan fingerprint density at radius 3 is 2.85 bits per heavy atom. The minimum Gasteiger partial charge on any atom is -0.495 e. The Labute approximate surface area is 123 Å². The van der Waals surface area contributed by atoms with E-state index in [1.165, 1.54) is 0 Å². The van der Waals surface area contributed by atoms with Gasteiger partial charge in [0, 0.05) is 19.3 Å². The van der Waals surface area contributed by atoms with E-state index in [4.69, 9.17) is 21.1 Å². The topological polar surface area (TPSA) is 59.6 Å². The molecule has 1 saturated heterocycles. The molecule has 2 N–H and O–H groups in total. The van der Waals surface area contributed by atoms with Crippen molar-refractivity contribution in [3.05, 3.63) is 23.2 Å². The van der Waals surface area contributed by atoms with Gasteiger partial charge in [-0.1, -0.05) is 11.6 Å². The highest BCUT2D eigenvalue weighted by Gasteiger charge is 2.41. The number of rotatable bonds is 5. The lowest BCUT2D eigenvalue weighted by Gasteiger charge is -2.26. The Morgan fingerprint density at radius 1 is 1.50 bits per heavy atom. The zero-order valence-electron chi connectivity index (χ0n) is 11.7. The highest BCUT2D eigenvalue weighted by atomic mass is 35.5. The second kappa shape index (κ2) is 6.43. The number of amides is 1. The summed E-state index contributed by atoms with van der Waals surface area (Å²) in [7, 11) is 3.16. The predicted octanol–water partition coefficient (Wildman–Crippen LogP) is 1.91. The number of halogens is 1. The summed E-state index contributed by atoms with van der Waals surface area (Å²) in [5, 5.41) is 6.58. The van der Waals surface area contributed by atoms with Crippen molar-refractivity contribution in [2.24, 2.45) is 5.41 Å². The van der Waals surface area contributed by atoms with Crippen molar-refractivity contribution in [3.63, 3.8) is 0 Å². The Bertz CT molecular complexity index is 487. The molecule has 6 heteroatoms. The van der Waals surface area contributed by atoms with Gasteiger partial charge in [0.05, 0.1) is 24.2 Å². The second-order valence-corrected chi connectivity index (χ2v) is 5.35. The quantitative estimate of drug-likeness (QED) is 0.872. The minimum absolute atomic E-state index is 0.0504.